The Hall–Kier alpha value is -2.82. The smallest absolute Gasteiger partial charge is 0.273 e. The summed E-state index contributed by atoms with van der Waals surface area (Å²) in [6.07, 6.45) is 2.83. The highest BCUT2D eigenvalue weighted by molar-refractivity contribution is 6.02. The van der Waals surface area contributed by atoms with Gasteiger partial charge in [0.15, 0.2) is 0 Å². The second kappa shape index (κ2) is 5.88. The maximum atomic E-state index is 11.9. The minimum absolute atomic E-state index is 0.101. The number of hydrazine groups is 1. The standard InChI is InChI=1S/C15H14N2O3/c1-2-5-14(19)16-17-15(20)12-8-10-6-3-4-7-11(10)9-13(12)18/h2-9,18H,1H3,(H,16,19)(H,17,20)/b5-2-. The molecule has 0 aliphatic rings. The highest BCUT2D eigenvalue weighted by atomic mass is 16.3. The fourth-order valence-corrected chi connectivity index (χ4v) is 1.79. The Balaban J connectivity index is 2.21. The fraction of sp³-hybridized carbons (Fsp3) is 0.0667. The summed E-state index contributed by atoms with van der Waals surface area (Å²) in [6, 6.07) is 10.4. The van der Waals surface area contributed by atoms with Gasteiger partial charge in [0.25, 0.3) is 11.8 Å². The van der Waals surface area contributed by atoms with Crippen molar-refractivity contribution >= 4 is 22.6 Å². The maximum absolute atomic E-state index is 11.9. The summed E-state index contributed by atoms with van der Waals surface area (Å²) in [5.74, 6) is -1.16. The van der Waals surface area contributed by atoms with E-state index in [1.165, 1.54) is 12.1 Å². The fourth-order valence-electron chi connectivity index (χ4n) is 1.79. The molecule has 0 bridgehead atoms. The lowest BCUT2D eigenvalue weighted by Crippen LogP contribution is -2.40. The van der Waals surface area contributed by atoms with Gasteiger partial charge in [-0.05, 0) is 29.8 Å². The number of allylic oxidation sites excluding steroid dienone is 1. The molecule has 102 valence electrons. The molecule has 0 atom stereocenters. The number of nitrogens with one attached hydrogen (secondary N) is 2. The minimum atomic E-state index is -0.578. The molecule has 0 saturated heterocycles. The van der Waals surface area contributed by atoms with Crippen molar-refractivity contribution in [2.45, 2.75) is 6.92 Å². The van der Waals surface area contributed by atoms with Gasteiger partial charge in [0.1, 0.15) is 5.75 Å². The van der Waals surface area contributed by atoms with E-state index in [0.717, 1.165) is 10.8 Å². The van der Waals surface area contributed by atoms with Gasteiger partial charge in [-0.2, -0.15) is 0 Å². The molecule has 2 amide bonds. The quantitative estimate of drug-likeness (QED) is 0.576. The minimum Gasteiger partial charge on any atom is -0.507 e. The van der Waals surface area contributed by atoms with E-state index in [1.54, 1.807) is 19.1 Å². The average molecular weight is 270 g/mol. The van der Waals surface area contributed by atoms with Crippen LogP contribution in [-0.2, 0) is 4.79 Å². The van der Waals surface area contributed by atoms with Gasteiger partial charge in [0, 0.05) is 6.08 Å². The van der Waals surface area contributed by atoms with Crippen molar-refractivity contribution in [1.82, 2.24) is 10.9 Å². The number of phenols is 1. The van der Waals surface area contributed by atoms with Crippen LogP contribution < -0.4 is 10.9 Å². The number of amides is 2. The Morgan fingerprint density at radius 1 is 1.10 bits per heavy atom. The summed E-state index contributed by atoms with van der Waals surface area (Å²) >= 11 is 0. The van der Waals surface area contributed by atoms with E-state index in [-0.39, 0.29) is 11.3 Å². The predicted octanol–water partition coefficient (Wildman–Crippen LogP) is 1.88. The summed E-state index contributed by atoms with van der Waals surface area (Å²) in [5, 5.41) is 11.5. The van der Waals surface area contributed by atoms with E-state index in [4.69, 9.17) is 0 Å². The predicted molar refractivity (Wildman–Crippen MR) is 76.0 cm³/mol. The van der Waals surface area contributed by atoms with Gasteiger partial charge in [-0.25, -0.2) is 0 Å². The third kappa shape index (κ3) is 2.95. The zero-order valence-electron chi connectivity index (χ0n) is 10.9. The monoisotopic (exact) mass is 270 g/mol. The third-order valence-corrected chi connectivity index (χ3v) is 2.73. The van der Waals surface area contributed by atoms with Crippen LogP contribution in [0.15, 0.2) is 48.6 Å². The number of carbonyl (C=O) groups is 2. The van der Waals surface area contributed by atoms with E-state index < -0.39 is 11.8 Å². The molecule has 0 heterocycles. The van der Waals surface area contributed by atoms with Crippen LogP contribution in [0.2, 0.25) is 0 Å². The molecule has 3 N–H and O–H groups in total. The van der Waals surface area contributed by atoms with Gasteiger partial charge in [-0.15, -0.1) is 0 Å². The van der Waals surface area contributed by atoms with E-state index in [9.17, 15) is 14.7 Å². The zero-order chi connectivity index (χ0) is 14.5. The van der Waals surface area contributed by atoms with Crippen LogP contribution in [0.25, 0.3) is 10.8 Å². The Morgan fingerprint density at radius 3 is 2.40 bits per heavy atom. The van der Waals surface area contributed by atoms with Crippen LogP contribution in [0.1, 0.15) is 17.3 Å². The van der Waals surface area contributed by atoms with Gasteiger partial charge >= 0.3 is 0 Å². The van der Waals surface area contributed by atoms with Crippen molar-refractivity contribution in [3.63, 3.8) is 0 Å². The van der Waals surface area contributed by atoms with E-state index in [0.29, 0.717) is 0 Å². The molecule has 5 heteroatoms. The first-order valence-corrected chi connectivity index (χ1v) is 6.06. The second-order valence-electron chi connectivity index (χ2n) is 4.16. The molecule has 2 rings (SSSR count). The number of hydrogen-bond donors (Lipinski definition) is 3. The molecular weight excluding hydrogens is 256 g/mol. The van der Waals surface area contributed by atoms with Gasteiger partial charge in [0.2, 0.25) is 0 Å². The summed E-state index contributed by atoms with van der Waals surface area (Å²) < 4.78 is 0. The topological polar surface area (TPSA) is 78.4 Å². The molecule has 0 aliphatic carbocycles. The first kappa shape index (κ1) is 13.6. The van der Waals surface area contributed by atoms with Gasteiger partial charge in [0.05, 0.1) is 5.56 Å². The number of phenolic OH excluding ortho intramolecular Hbond substituents is 1. The van der Waals surface area contributed by atoms with Crippen LogP contribution in [0, 0.1) is 0 Å². The van der Waals surface area contributed by atoms with Crippen molar-refractivity contribution in [3.05, 3.63) is 54.1 Å². The Kier molecular flexibility index (Phi) is 4.00. The van der Waals surface area contributed by atoms with Crippen molar-refractivity contribution in [1.29, 1.82) is 0 Å². The first-order valence-electron chi connectivity index (χ1n) is 6.06. The Labute approximate surface area is 115 Å². The number of fused-ring (bicyclic) bond motifs is 1. The molecule has 0 fully saturated rings. The summed E-state index contributed by atoms with van der Waals surface area (Å²) in [7, 11) is 0. The molecule has 0 aromatic heterocycles. The molecule has 0 saturated carbocycles. The maximum Gasteiger partial charge on any atom is 0.273 e. The molecule has 5 nitrogen and oxygen atoms in total. The van der Waals surface area contributed by atoms with Crippen LogP contribution in [0.3, 0.4) is 0 Å². The van der Waals surface area contributed by atoms with Gasteiger partial charge < -0.3 is 5.11 Å². The molecule has 0 unspecified atom stereocenters. The molecular formula is C15H14N2O3. The van der Waals surface area contributed by atoms with Gasteiger partial charge in [-0.1, -0.05) is 30.3 Å². The van der Waals surface area contributed by atoms with Crippen molar-refractivity contribution < 1.29 is 14.7 Å². The highest BCUT2D eigenvalue weighted by Gasteiger charge is 2.12. The van der Waals surface area contributed by atoms with Crippen LogP contribution in [0.5, 0.6) is 5.75 Å². The van der Waals surface area contributed by atoms with E-state index in [2.05, 4.69) is 10.9 Å². The molecule has 20 heavy (non-hydrogen) atoms. The lowest BCUT2D eigenvalue weighted by molar-refractivity contribution is -0.117. The molecule has 0 aliphatic heterocycles. The summed E-state index contributed by atoms with van der Waals surface area (Å²) in [4.78, 5) is 23.1. The zero-order valence-corrected chi connectivity index (χ0v) is 10.9. The number of aromatic hydroxyl groups is 1. The van der Waals surface area contributed by atoms with Crippen LogP contribution in [-0.4, -0.2) is 16.9 Å². The lowest BCUT2D eigenvalue weighted by Gasteiger charge is -2.08. The van der Waals surface area contributed by atoms with Gasteiger partial charge in [-0.3, -0.25) is 20.4 Å². The third-order valence-electron chi connectivity index (χ3n) is 2.73. The number of carbonyl (C=O) groups excluding carboxylic acids is 2. The SMILES string of the molecule is C/C=C\C(=O)NNC(=O)c1cc2ccccc2cc1O. The Morgan fingerprint density at radius 2 is 1.75 bits per heavy atom. The summed E-state index contributed by atoms with van der Waals surface area (Å²) in [6.45, 7) is 1.69. The van der Waals surface area contributed by atoms with E-state index >= 15 is 0 Å². The van der Waals surface area contributed by atoms with E-state index in [1.807, 2.05) is 24.3 Å². The number of hydrogen-bond acceptors (Lipinski definition) is 3. The van der Waals surface area contributed by atoms with Crippen molar-refractivity contribution in [2.75, 3.05) is 0 Å². The lowest BCUT2D eigenvalue weighted by atomic mass is 10.1. The van der Waals surface area contributed by atoms with Crippen molar-refractivity contribution in [2.24, 2.45) is 0 Å². The van der Waals surface area contributed by atoms with Crippen LogP contribution >= 0.6 is 0 Å². The normalized spacial score (nSPS) is 10.7. The van der Waals surface area contributed by atoms with Crippen LogP contribution in [0.4, 0.5) is 0 Å². The Bertz CT molecular complexity index is 693. The van der Waals surface area contributed by atoms with Crippen molar-refractivity contribution in [3.8, 4) is 5.75 Å². The molecule has 2 aromatic rings. The number of benzene rings is 2. The summed E-state index contributed by atoms with van der Waals surface area (Å²) in [5.41, 5.74) is 4.56. The molecule has 0 spiro atoms. The molecule has 2 aromatic carbocycles. The molecule has 0 radical (unpaired) electrons. The average Bonchev–Trinajstić information content (AvgIpc) is 2.44. The largest absolute Gasteiger partial charge is 0.507 e. The first-order chi connectivity index (χ1) is 9.61. The highest BCUT2D eigenvalue weighted by Crippen LogP contribution is 2.24. The number of rotatable bonds is 2. The second-order valence-corrected chi connectivity index (χ2v) is 4.16.